The monoisotopic (exact) mass is 299 g/mol. The summed E-state index contributed by atoms with van der Waals surface area (Å²) in [6.45, 7) is 4.78. The summed E-state index contributed by atoms with van der Waals surface area (Å²) >= 11 is 0. The van der Waals surface area contributed by atoms with Crippen LogP contribution >= 0.6 is 0 Å². The van der Waals surface area contributed by atoms with E-state index in [-0.39, 0.29) is 23.4 Å². The Balaban J connectivity index is 2.56. The highest BCUT2D eigenvalue weighted by molar-refractivity contribution is 7.89. The van der Waals surface area contributed by atoms with E-state index in [9.17, 15) is 13.2 Å². The predicted molar refractivity (Wildman–Crippen MR) is 77.5 cm³/mol. The van der Waals surface area contributed by atoms with Crippen molar-refractivity contribution >= 4 is 15.9 Å². The summed E-state index contributed by atoms with van der Waals surface area (Å²) in [5, 5.41) is 10.9. The third-order valence-electron chi connectivity index (χ3n) is 2.85. The first-order valence-electron chi connectivity index (χ1n) is 6.47. The molecule has 1 aromatic carbocycles. The lowest BCUT2D eigenvalue weighted by molar-refractivity contribution is -0.120. The van der Waals surface area contributed by atoms with Crippen molar-refractivity contribution in [3.05, 3.63) is 29.8 Å². The molecule has 1 rings (SSSR count). The lowest BCUT2D eigenvalue weighted by atomic mass is 10.1. The molecule has 6 nitrogen and oxygen atoms in total. The number of hydrogen-bond acceptors (Lipinski definition) is 4. The van der Waals surface area contributed by atoms with Crippen molar-refractivity contribution in [2.75, 3.05) is 13.1 Å². The molecule has 1 atom stereocenters. The Labute approximate surface area is 119 Å². The second-order valence-corrected chi connectivity index (χ2v) is 6.13. The Morgan fingerprint density at radius 2 is 1.90 bits per heavy atom. The van der Waals surface area contributed by atoms with Crippen molar-refractivity contribution in [3.8, 4) is 0 Å². The molecule has 0 radical (unpaired) electrons. The van der Waals surface area contributed by atoms with Gasteiger partial charge >= 0.3 is 0 Å². The summed E-state index contributed by atoms with van der Waals surface area (Å²) in [5.41, 5.74) is 0.890. The number of rotatable bonds is 7. The minimum absolute atomic E-state index is 0.0557. The highest BCUT2D eigenvalue weighted by Crippen LogP contribution is 2.15. The summed E-state index contributed by atoms with van der Waals surface area (Å²) in [6, 6.07) is 6.22. The molecule has 0 aliphatic carbocycles. The largest absolute Gasteiger partial charge is 0.355 e. The van der Waals surface area contributed by atoms with Gasteiger partial charge in [0.1, 0.15) is 0 Å². The van der Waals surface area contributed by atoms with E-state index in [1.165, 1.54) is 12.1 Å². The Kier molecular flexibility index (Phi) is 6.12. The van der Waals surface area contributed by atoms with Crippen molar-refractivity contribution in [1.82, 2.24) is 10.6 Å². The molecular formula is C13H21N3O3S. The van der Waals surface area contributed by atoms with Crippen LogP contribution in [0.15, 0.2) is 29.2 Å². The fourth-order valence-corrected chi connectivity index (χ4v) is 2.15. The third-order valence-corrected chi connectivity index (χ3v) is 3.78. The van der Waals surface area contributed by atoms with Gasteiger partial charge in [-0.05, 0) is 31.0 Å². The minimum atomic E-state index is -3.67. The Bertz CT molecular complexity index is 540. The molecule has 0 heterocycles. The highest BCUT2D eigenvalue weighted by atomic mass is 32.2. The van der Waals surface area contributed by atoms with Crippen LogP contribution in [0.2, 0.25) is 0 Å². The zero-order chi connectivity index (χ0) is 15.2. The van der Waals surface area contributed by atoms with Crippen LogP contribution in [-0.4, -0.2) is 27.4 Å². The Hall–Kier alpha value is -1.44. The lowest BCUT2D eigenvalue weighted by Crippen LogP contribution is -2.35. The van der Waals surface area contributed by atoms with Gasteiger partial charge in [0.25, 0.3) is 0 Å². The summed E-state index contributed by atoms with van der Waals surface area (Å²) in [5.74, 6) is -0.0557. The number of sulfonamides is 1. The van der Waals surface area contributed by atoms with Gasteiger partial charge in [-0.2, -0.15) is 0 Å². The van der Waals surface area contributed by atoms with Crippen LogP contribution in [0.4, 0.5) is 0 Å². The number of carbonyl (C=O) groups is 1. The van der Waals surface area contributed by atoms with Gasteiger partial charge in [0.15, 0.2) is 0 Å². The molecule has 0 saturated carbocycles. The van der Waals surface area contributed by atoms with Crippen molar-refractivity contribution < 1.29 is 13.2 Å². The molecular weight excluding hydrogens is 278 g/mol. The number of carbonyl (C=O) groups excluding carboxylic acids is 1. The smallest absolute Gasteiger partial charge is 0.238 e. The van der Waals surface area contributed by atoms with Gasteiger partial charge in [-0.3, -0.25) is 4.79 Å². The van der Waals surface area contributed by atoms with E-state index >= 15 is 0 Å². The van der Waals surface area contributed by atoms with Crippen LogP contribution in [0, 0.1) is 0 Å². The first kappa shape index (κ1) is 16.6. The molecule has 1 amide bonds. The number of hydrogen-bond donors (Lipinski definition) is 3. The molecule has 4 N–H and O–H groups in total. The molecule has 0 spiro atoms. The Morgan fingerprint density at radius 3 is 2.40 bits per heavy atom. The molecule has 0 aliphatic heterocycles. The van der Waals surface area contributed by atoms with E-state index in [1.807, 2.05) is 13.8 Å². The van der Waals surface area contributed by atoms with Gasteiger partial charge in [-0.15, -0.1) is 0 Å². The molecule has 0 saturated heterocycles. The van der Waals surface area contributed by atoms with Crippen molar-refractivity contribution in [1.29, 1.82) is 0 Å². The summed E-state index contributed by atoms with van der Waals surface area (Å²) in [4.78, 5) is 11.5. The van der Waals surface area contributed by atoms with E-state index in [0.29, 0.717) is 6.54 Å². The molecule has 1 aromatic rings. The van der Waals surface area contributed by atoms with Crippen LogP contribution in [-0.2, 0) is 14.8 Å². The van der Waals surface area contributed by atoms with Gasteiger partial charge in [-0.25, -0.2) is 13.6 Å². The zero-order valence-electron chi connectivity index (χ0n) is 11.7. The first-order chi connectivity index (χ1) is 9.34. The molecule has 7 heteroatoms. The van der Waals surface area contributed by atoms with Crippen LogP contribution in [0.1, 0.15) is 31.9 Å². The molecule has 0 aliphatic rings. The average Bonchev–Trinajstić information content (AvgIpc) is 2.41. The summed E-state index contributed by atoms with van der Waals surface area (Å²) in [6.07, 6.45) is 0.899. The lowest BCUT2D eigenvalue weighted by Gasteiger charge is -2.14. The van der Waals surface area contributed by atoms with E-state index < -0.39 is 10.0 Å². The number of benzene rings is 1. The second-order valence-electron chi connectivity index (χ2n) is 4.57. The van der Waals surface area contributed by atoms with Crippen molar-refractivity contribution in [2.24, 2.45) is 5.14 Å². The quantitative estimate of drug-likeness (QED) is 0.683. The number of primary sulfonamides is 1. The Morgan fingerprint density at radius 1 is 1.30 bits per heavy atom. The van der Waals surface area contributed by atoms with Crippen molar-refractivity contribution in [3.63, 3.8) is 0 Å². The average molecular weight is 299 g/mol. The number of nitrogens with two attached hydrogens (primary N) is 1. The fraction of sp³-hybridized carbons (Fsp3) is 0.462. The van der Waals surface area contributed by atoms with E-state index in [1.54, 1.807) is 12.1 Å². The SMILES string of the molecule is CCCNC(=O)CNC(C)c1ccc(S(N)(=O)=O)cc1. The van der Waals surface area contributed by atoms with Crippen LogP contribution < -0.4 is 15.8 Å². The topological polar surface area (TPSA) is 101 Å². The zero-order valence-corrected chi connectivity index (χ0v) is 12.5. The molecule has 112 valence electrons. The standard InChI is InChI=1S/C13H21N3O3S/c1-3-8-15-13(17)9-16-10(2)11-4-6-12(7-5-11)20(14,18)19/h4-7,10,16H,3,8-9H2,1-2H3,(H,15,17)(H2,14,18,19). The highest BCUT2D eigenvalue weighted by Gasteiger charge is 2.10. The number of nitrogens with one attached hydrogen (secondary N) is 2. The maximum absolute atomic E-state index is 11.5. The normalized spacial score (nSPS) is 12.9. The van der Waals surface area contributed by atoms with Crippen LogP contribution in [0.3, 0.4) is 0 Å². The van der Waals surface area contributed by atoms with E-state index in [0.717, 1.165) is 12.0 Å². The molecule has 0 fully saturated rings. The van der Waals surface area contributed by atoms with E-state index in [2.05, 4.69) is 10.6 Å². The van der Waals surface area contributed by atoms with Crippen molar-refractivity contribution in [2.45, 2.75) is 31.2 Å². The van der Waals surface area contributed by atoms with Gasteiger partial charge in [0, 0.05) is 12.6 Å². The first-order valence-corrected chi connectivity index (χ1v) is 8.02. The van der Waals surface area contributed by atoms with Gasteiger partial charge in [0.2, 0.25) is 15.9 Å². The number of amides is 1. The van der Waals surface area contributed by atoms with E-state index in [4.69, 9.17) is 5.14 Å². The molecule has 0 bridgehead atoms. The minimum Gasteiger partial charge on any atom is -0.355 e. The van der Waals surface area contributed by atoms with Crippen LogP contribution in [0.5, 0.6) is 0 Å². The maximum atomic E-state index is 11.5. The molecule has 0 aromatic heterocycles. The molecule has 1 unspecified atom stereocenters. The third kappa shape index (κ3) is 5.28. The molecule has 20 heavy (non-hydrogen) atoms. The summed E-state index contributed by atoms with van der Waals surface area (Å²) < 4.78 is 22.3. The summed E-state index contributed by atoms with van der Waals surface area (Å²) in [7, 11) is -3.67. The van der Waals surface area contributed by atoms with Crippen LogP contribution in [0.25, 0.3) is 0 Å². The maximum Gasteiger partial charge on any atom is 0.238 e. The van der Waals surface area contributed by atoms with Gasteiger partial charge < -0.3 is 10.6 Å². The second kappa shape index (κ2) is 7.37. The predicted octanol–water partition coefficient (Wildman–Crippen LogP) is 0.511. The fourth-order valence-electron chi connectivity index (χ4n) is 1.64. The van der Waals surface area contributed by atoms with Gasteiger partial charge in [0.05, 0.1) is 11.4 Å². The van der Waals surface area contributed by atoms with Gasteiger partial charge in [-0.1, -0.05) is 19.1 Å².